The molecule has 2 N–H and O–H groups in total. The van der Waals surface area contributed by atoms with E-state index in [1.54, 1.807) is 32.5 Å². The number of halogens is 1. The summed E-state index contributed by atoms with van der Waals surface area (Å²) in [6.45, 7) is 4.93. The molecule has 0 aliphatic rings. The third kappa shape index (κ3) is 7.02. The fourth-order valence-corrected chi connectivity index (χ4v) is 2.05. The van der Waals surface area contributed by atoms with Crippen LogP contribution >= 0.6 is 35.3 Å². The van der Waals surface area contributed by atoms with E-state index in [0.717, 1.165) is 10.0 Å². The van der Waals surface area contributed by atoms with Gasteiger partial charge < -0.3 is 15.5 Å². The Balaban J connectivity index is 0.00000400. The zero-order valence-electron chi connectivity index (χ0n) is 13.0. The molecule has 1 heterocycles. The van der Waals surface area contributed by atoms with Gasteiger partial charge in [0.2, 0.25) is 5.91 Å². The summed E-state index contributed by atoms with van der Waals surface area (Å²) < 4.78 is 0. The molecule has 1 amide bonds. The molecule has 1 aromatic heterocycles. The number of carbonyl (C=O) groups is 1. The standard InChI is InChI=1S/C12H22N6OS.HI/c1-8(2)11-17-16-9(20-11)6-14-12(13-3)15-7-10(19)18(4)5;/h8H,6-7H2,1-5H3,(H2,13,14,15);1H. The van der Waals surface area contributed by atoms with Crippen LogP contribution in [0.25, 0.3) is 0 Å². The highest BCUT2D eigenvalue weighted by molar-refractivity contribution is 14.0. The molecular formula is C12H23IN6OS. The lowest BCUT2D eigenvalue weighted by Crippen LogP contribution is -2.42. The van der Waals surface area contributed by atoms with Crippen molar-refractivity contribution in [1.29, 1.82) is 0 Å². The lowest BCUT2D eigenvalue weighted by atomic mass is 10.2. The predicted molar refractivity (Wildman–Crippen MR) is 96.3 cm³/mol. The molecule has 0 bridgehead atoms. The van der Waals surface area contributed by atoms with Crippen LogP contribution in [0.15, 0.2) is 4.99 Å². The van der Waals surface area contributed by atoms with Crippen molar-refractivity contribution in [3.05, 3.63) is 10.0 Å². The molecule has 0 aliphatic carbocycles. The largest absolute Gasteiger partial charge is 0.350 e. The molecule has 0 unspecified atom stereocenters. The van der Waals surface area contributed by atoms with E-state index in [4.69, 9.17) is 0 Å². The van der Waals surface area contributed by atoms with Crippen LogP contribution < -0.4 is 10.6 Å². The van der Waals surface area contributed by atoms with Crippen molar-refractivity contribution in [1.82, 2.24) is 25.7 Å². The maximum atomic E-state index is 11.5. The molecule has 0 aromatic carbocycles. The summed E-state index contributed by atoms with van der Waals surface area (Å²) in [6, 6.07) is 0. The topological polar surface area (TPSA) is 82.5 Å². The molecule has 9 heteroatoms. The van der Waals surface area contributed by atoms with Gasteiger partial charge in [0.1, 0.15) is 10.0 Å². The number of nitrogens with zero attached hydrogens (tertiary/aromatic N) is 4. The quantitative estimate of drug-likeness (QED) is 0.418. The molecule has 0 saturated carbocycles. The van der Waals surface area contributed by atoms with Gasteiger partial charge >= 0.3 is 0 Å². The first-order chi connectivity index (χ1) is 9.43. The summed E-state index contributed by atoms with van der Waals surface area (Å²) in [4.78, 5) is 17.1. The minimum absolute atomic E-state index is 0. The van der Waals surface area contributed by atoms with Crippen molar-refractivity contribution < 1.29 is 4.79 Å². The average Bonchev–Trinajstić information content (AvgIpc) is 2.87. The van der Waals surface area contributed by atoms with Crippen molar-refractivity contribution in [3.8, 4) is 0 Å². The van der Waals surface area contributed by atoms with Crippen molar-refractivity contribution in [2.75, 3.05) is 27.7 Å². The number of carbonyl (C=O) groups excluding carboxylic acids is 1. The zero-order valence-corrected chi connectivity index (χ0v) is 16.2. The second-order valence-corrected chi connectivity index (χ2v) is 5.85. The molecule has 0 fully saturated rings. The van der Waals surface area contributed by atoms with Gasteiger partial charge in [-0.15, -0.1) is 34.2 Å². The lowest BCUT2D eigenvalue weighted by molar-refractivity contribution is -0.127. The molecule has 1 aromatic rings. The minimum Gasteiger partial charge on any atom is -0.350 e. The van der Waals surface area contributed by atoms with Crippen LogP contribution in [0.1, 0.15) is 29.8 Å². The monoisotopic (exact) mass is 426 g/mol. The van der Waals surface area contributed by atoms with Crippen molar-refractivity contribution >= 4 is 47.2 Å². The number of rotatable bonds is 5. The number of aromatic nitrogens is 2. The fourth-order valence-electron chi connectivity index (χ4n) is 1.27. The summed E-state index contributed by atoms with van der Waals surface area (Å²) in [5.41, 5.74) is 0. The van der Waals surface area contributed by atoms with E-state index in [-0.39, 0.29) is 36.4 Å². The first-order valence-electron chi connectivity index (χ1n) is 6.41. The maximum Gasteiger partial charge on any atom is 0.241 e. The Labute approximate surface area is 146 Å². The fraction of sp³-hybridized carbons (Fsp3) is 0.667. The van der Waals surface area contributed by atoms with Gasteiger partial charge in [-0.1, -0.05) is 25.2 Å². The van der Waals surface area contributed by atoms with E-state index in [1.165, 1.54) is 4.90 Å². The highest BCUT2D eigenvalue weighted by atomic mass is 127. The van der Waals surface area contributed by atoms with E-state index in [1.807, 2.05) is 0 Å². The SMILES string of the molecule is CN=C(NCC(=O)N(C)C)NCc1nnc(C(C)C)s1.I. The Bertz CT molecular complexity index is 474. The first-order valence-corrected chi connectivity index (χ1v) is 7.22. The Kier molecular flexibility index (Phi) is 9.42. The molecule has 0 radical (unpaired) electrons. The molecule has 21 heavy (non-hydrogen) atoms. The van der Waals surface area contributed by atoms with Crippen LogP contribution in [-0.2, 0) is 11.3 Å². The summed E-state index contributed by atoms with van der Waals surface area (Å²) in [7, 11) is 5.10. The van der Waals surface area contributed by atoms with E-state index < -0.39 is 0 Å². The second kappa shape index (κ2) is 9.87. The van der Waals surface area contributed by atoms with Crippen LogP contribution in [0.5, 0.6) is 0 Å². The number of hydrogen-bond acceptors (Lipinski definition) is 5. The number of likely N-dealkylation sites (N-methyl/N-ethyl adjacent to an activating group) is 1. The van der Waals surface area contributed by atoms with Gasteiger partial charge in [0, 0.05) is 27.1 Å². The van der Waals surface area contributed by atoms with Gasteiger partial charge in [0.05, 0.1) is 13.1 Å². The van der Waals surface area contributed by atoms with E-state index in [0.29, 0.717) is 18.4 Å². The molecule has 7 nitrogen and oxygen atoms in total. The van der Waals surface area contributed by atoms with Crippen LogP contribution in [0.2, 0.25) is 0 Å². The Morgan fingerprint density at radius 2 is 2.00 bits per heavy atom. The molecule has 1 rings (SSSR count). The van der Waals surface area contributed by atoms with Gasteiger partial charge in [0.25, 0.3) is 0 Å². The van der Waals surface area contributed by atoms with Gasteiger partial charge in [-0.25, -0.2) is 0 Å². The first kappa shape index (κ1) is 20.0. The van der Waals surface area contributed by atoms with Crippen LogP contribution in [0, 0.1) is 0 Å². The highest BCUT2D eigenvalue weighted by Crippen LogP contribution is 2.18. The summed E-state index contributed by atoms with van der Waals surface area (Å²) >= 11 is 1.58. The Hall–Kier alpha value is -0.970. The van der Waals surface area contributed by atoms with Crippen molar-refractivity contribution in [3.63, 3.8) is 0 Å². The third-order valence-electron chi connectivity index (χ3n) is 2.51. The van der Waals surface area contributed by atoms with E-state index in [9.17, 15) is 4.79 Å². The smallest absolute Gasteiger partial charge is 0.241 e. The second-order valence-electron chi connectivity index (χ2n) is 4.76. The van der Waals surface area contributed by atoms with Crippen LogP contribution in [0.4, 0.5) is 0 Å². The lowest BCUT2D eigenvalue weighted by Gasteiger charge is -2.13. The van der Waals surface area contributed by atoms with Gasteiger partial charge in [-0.2, -0.15) is 0 Å². The zero-order chi connectivity index (χ0) is 15.1. The number of aliphatic imine (C=N–C) groups is 1. The Morgan fingerprint density at radius 3 is 2.48 bits per heavy atom. The molecular weight excluding hydrogens is 403 g/mol. The summed E-state index contributed by atoms with van der Waals surface area (Å²) in [6.07, 6.45) is 0. The van der Waals surface area contributed by atoms with Gasteiger partial charge in [-0.3, -0.25) is 9.79 Å². The molecule has 0 spiro atoms. The number of guanidine groups is 1. The summed E-state index contributed by atoms with van der Waals surface area (Å²) in [5.74, 6) is 0.948. The predicted octanol–water partition coefficient (Wildman–Crippen LogP) is 1.03. The molecule has 0 aliphatic heterocycles. The van der Waals surface area contributed by atoms with Crippen LogP contribution in [0.3, 0.4) is 0 Å². The van der Waals surface area contributed by atoms with Crippen molar-refractivity contribution in [2.45, 2.75) is 26.3 Å². The van der Waals surface area contributed by atoms with E-state index >= 15 is 0 Å². The summed E-state index contributed by atoms with van der Waals surface area (Å²) in [5, 5.41) is 16.2. The maximum absolute atomic E-state index is 11.5. The van der Waals surface area contributed by atoms with Gasteiger partial charge in [0.15, 0.2) is 5.96 Å². The number of hydrogen-bond donors (Lipinski definition) is 2. The molecule has 0 saturated heterocycles. The minimum atomic E-state index is -0.00837. The number of amides is 1. The third-order valence-corrected chi connectivity index (χ3v) is 3.74. The molecule has 120 valence electrons. The number of nitrogens with one attached hydrogen (secondary N) is 2. The highest BCUT2D eigenvalue weighted by Gasteiger charge is 2.09. The average molecular weight is 426 g/mol. The van der Waals surface area contributed by atoms with Crippen molar-refractivity contribution in [2.24, 2.45) is 4.99 Å². The van der Waals surface area contributed by atoms with Crippen LogP contribution in [-0.4, -0.2) is 54.7 Å². The molecule has 0 atom stereocenters. The van der Waals surface area contributed by atoms with Gasteiger partial charge in [-0.05, 0) is 0 Å². The van der Waals surface area contributed by atoms with E-state index in [2.05, 4.69) is 39.7 Å². The normalized spacial score (nSPS) is 11.0. The Morgan fingerprint density at radius 1 is 1.33 bits per heavy atom.